The number of carboxylic acids is 1. The Balaban J connectivity index is 2.19. The second-order valence-corrected chi connectivity index (χ2v) is 4.71. The van der Waals surface area contributed by atoms with Gasteiger partial charge in [-0.2, -0.15) is 5.26 Å². The zero-order valence-electron chi connectivity index (χ0n) is 11.6. The van der Waals surface area contributed by atoms with Gasteiger partial charge in [0.15, 0.2) is 0 Å². The van der Waals surface area contributed by atoms with Crippen molar-refractivity contribution in [3.8, 4) is 6.07 Å². The average molecular weight is 280 g/mol. The standard InChI is InChI=1S/C17H16N2O2/c18-12-14-5-4-6-15(11-14)13-19(10-9-17(20)21)16-7-2-1-3-8-16/h1-8,11H,9-10,13H2,(H,20,21). The molecule has 0 atom stereocenters. The Bertz CT molecular complexity index is 647. The minimum Gasteiger partial charge on any atom is -0.481 e. The first-order valence-electron chi connectivity index (χ1n) is 6.70. The molecule has 0 amide bonds. The van der Waals surface area contributed by atoms with E-state index in [1.54, 1.807) is 6.07 Å². The molecule has 0 radical (unpaired) electrons. The second-order valence-electron chi connectivity index (χ2n) is 4.71. The predicted octanol–water partition coefficient (Wildman–Crippen LogP) is 3.04. The molecular weight excluding hydrogens is 264 g/mol. The molecule has 0 aliphatic heterocycles. The van der Waals surface area contributed by atoms with E-state index in [4.69, 9.17) is 10.4 Å². The van der Waals surface area contributed by atoms with Crippen molar-refractivity contribution in [2.75, 3.05) is 11.4 Å². The number of aliphatic carboxylic acids is 1. The van der Waals surface area contributed by atoms with Crippen molar-refractivity contribution in [3.63, 3.8) is 0 Å². The van der Waals surface area contributed by atoms with Gasteiger partial charge in [0.05, 0.1) is 18.1 Å². The zero-order valence-corrected chi connectivity index (χ0v) is 11.6. The average Bonchev–Trinajstić information content (AvgIpc) is 2.52. The maximum atomic E-state index is 10.8. The normalized spacial score (nSPS) is 9.86. The molecule has 2 aromatic carbocycles. The Kier molecular flexibility index (Phi) is 4.94. The van der Waals surface area contributed by atoms with Gasteiger partial charge in [-0.05, 0) is 29.8 Å². The lowest BCUT2D eigenvalue weighted by Gasteiger charge is -2.24. The van der Waals surface area contributed by atoms with Crippen LogP contribution in [-0.4, -0.2) is 17.6 Å². The fourth-order valence-electron chi connectivity index (χ4n) is 2.13. The van der Waals surface area contributed by atoms with Crippen LogP contribution in [0.15, 0.2) is 54.6 Å². The van der Waals surface area contributed by atoms with E-state index in [0.717, 1.165) is 11.3 Å². The van der Waals surface area contributed by atoms with Crippen molar-refractivity contribution in [2.45, 2.75) is 13.0 Å². The van der Waals surface area contributed by atoms with E-state index in [1.807, 2.05) is 53.4 Å². The van der Waals surface area contributed by atoms with E-state index in [0.29, 0.717) is 18.7 Å². The number of nitriles is 1. The van der Waals surface area contributed by atoms with Gasteiger partial charge in [-0.15, -0.1) is 0 Å². The van der Waals surface area contributed by atoms with Gasteiger partial charge in [0.25, 0.3) is 0 Å². The van der Waals surface area contributed by atoms with Crippen LogP contribution < -0.4 is 4.90 Å². The highest BCUT2D eigenvalue weighted by atomic mass is 16.4. The van der Waals surface area contributed by atoms with Gasteiger partial charge < -0.3 is 10.0 Å². The summed E-state index contributed by atoms with van der Waals surface area (Å²) in [7, 11) is 0. The molecule has 2 rings (SSSR count). The Labute approximate surface area is 123 Å². The quantitative estimate of drug-likeness (QED) is 0.883. The number of rotatable bonds is 6. The summed E-state index contributed by atoms with van der Waals surface area (Å²) >= 11 is 0. The predicted molar refractivity (Wildman–Crippen MR) is 80.9 cm³/mol. The second kappa shape index (κ2) is 7.11. The summed E-state index contributed by atoms with van der Waals surface area (Å²) < 4.78 is 0. The molecule has 0 aliphatic carbocycles. The van der Waals surface area contributed by atoms with Crippen LogP contribution >= 0.6 is 0 Å². The minimum absolute atomic E-state index is 0.0762. The first-order valence-corrected chi connectivity index (χ1v) is 6.70. The summed E-state index contributed by atoms with van der Waals surface area (Å²) in [5.74, 6) is -0.818. The number of anilines is 1. The lowest BCUT2D eigenvalue weighted by atomic mass is 10.1. The van der Waals surface area contributed by atoms with Crippen molar-refractivity contribution in [1.82, 2.24) is 0 Å². The summed E-state index contributed by atoms with van der Waals surface area (Å²) in [6.45, 7) is 1.00. The summed E-state index contributed by atoms with van der Waals surface area (Å²) in [6, 6.07) is 19.2. The van der Waals surface area contributed by atoms with E-state index >= 15 is 0 Å². The Morgan fingerprint density at radius 3 is 2.57 bits per heavy atom. The first-order chi connectivity index (χ1) is 10.2. The maximum Gasteiger partial charge on any atom is 0.305 e. The highest BCUT2D eigenvalue weighted by Crippen LogP contribution is 2.17. The molecule has 0 aliphatic rings. The molecule has 0 heterocycles. The first kappa shape index (κ1) is 14.6. The summed E-state index contributed by atoms with van der Waals surface area (Å²) in [5, 5.41) is 17.8. The van der Waals surface area contributed by atoms with Crippen molar-refractivity contribution in [1.29, 1.82) is 5.26 Å². The number of carbonyl (C=O) groups is 1. The fraction of sp³-hybridized carbons (Fsp3) is 0.176. The summed E-state index contributed by atoms with van der Waals surface area (Å²) in [4.78, 5) is 12.8. The summed E-state index contributed by atoms with van der Waals surface area (Å²) in [6.07, 6.45) is 0.0762. The van der Waals surface area contributed by atoms with Crippen LogP contribution in [0, 0.1) is 11.3 Å². The molecular formula is C17H16N2O2. The van der Waals surface area contributed by atoms with E-state index in [-0.39, 0.29) is 6.42 Å². The third kappa shape index (κ3) is 4.36. The topological polar surface area (TPSA) is 64.3 Å². The molecule has 0 aromatic heterocycles. The molecule has 0 saturated heterocycles. The van der Waals surface area contributed by atoms with Crippen LogP contribution in [0.4, 0.5) is 5.69 Å². The monoisotopic (exact) mass is 280 g/mol. The van der Waals surface area contributed by atoms with Crippen molar-refractivity contribution in [2.24, 2.45) is 0 Å². The number of para-hydroxylation sites is 1. The number of carboxylic acid groups (broad SMARTS) is 1. The van der Waals surface area contributed by atoms with Crippen LogP contribution in [0.1, 0.15) is 17.5 Å². The van der Waals surface area contributed by atoms with Crippen molar-refractivity contribution in [3.05, 3.63) is 65.7 Å². The molecule has 106 valence electrons. The molecule has 0 unspecified atom stereocenters. The lowest BCUT2D eigenvalue weighted by Crippen LogP contribution is -2.25. The zero-order chi connectivity index (χ0) is 15.1. The Hall–Kier alpha value is -2.80. The van der Waals surface area contributed by atoms with Gasteiger partial charge in [-0.1, -0.05) is 30.3 Å². The number of benzene rings is 2. The van der Waals surface area contributed by atoms with Gasteiger partial charge in [0.2, 0.25) is 0 Å². The molecule has 0 saturated carbocycles. The third-order valence-corrected chi connectivity index (χ3v) is 3.15. The highest BCUT2D eigenvalue weighted by molar-refractivity contribution is 5.67. The van der Waals surface area contributed by atoms with Crippen LogP contribution in [0.3, 0.4) is 0 Å². The Morgan fingerprint density at radius 2 is 1.90 bits per heavy atom. The van der Waals surface area contributed by atoms with Gasteiger partial charge in [-0.25, -0.2) is 0 Å². The van der Waals surface area contributed by atoms with E-state index in [1.165, 1.54) is 0 Å². The van der Waals surface area contributed by atoms with Crippen molar-refractivity contribution < 1.29 is 9.90 Å². The van der Waals surface area contributed by atoms with E-state index < -0.39 is 5.97 Å². The van der Waals surface area contributed by atoms with Crippen LogP contribution in [0.5, 0.6) is 0 Å². The molecule has 4 heteroatoms. The lowest BCUT2D eigenvalue weighted by molar-refractivity contribution is -0.136. The van der Waals surface area contributed by atoms with E-state index in [9.17, 15) is 4.79 Å². The largest absolute Gasteiger partial charge is 0.481 e. The van der Waals surface area contributed by atoms with Gasteiger partial charge >= 0.3 is 5.97 Å². The molecule has 0 fully saturated rings. The van der Waals surface area contributed by atoms with Crippen molar-refractivity contribution >= 4 is 11.7 Å². The number of hydrogen-bond donors (Lipinski definition) is 1. The van der Waals surface area contributed by atoms with Gasteiger partial charge in [0.1, 0.15) is 0 Å². The van der Waals surface area contributed by atoms with Crippen LogP contribution in [0.2, 0.25) is 0 Å². The van der Waals surface area contributed by atoms with Gasteiger partial charge in [0, 0.05) is 18.8 Å². The molecule has 0 spiro atoms. The smallest absolute Gasteiger partial charge is 0.305 e. The SMILES string of the molecule is N#Cc1cccc(CN(CCC(=O)O)c2ccccc2)c1. The third-order valence-electron chi connectivity index (χ3n) is 3.15. The minimum atomic E-state index is -0.818. The van der Waals surface area contributed by atoms with Gasteiger partial charge in [-0.3, -0.25) is 4.79 Å². The molecule has 2 aromatic rings. The molecule has 21 heavy (non-hydrogen) atoms. The molecule has 4 nitrogen and oxygen atoms in total. The van der Waals surface area contributed by atoms with Crippen LogP contribution in [-0.2, 0) is 11.3 Å². The Morgan fingerprint density at radius 1 is 1.14 bits per heavy atom. The molecule has 1 N–H and O–H groups in total. The highest BCUT2D eigenvalue weighted by Gasteiger charge is 2.09. The van der Waals surface area contributed by atoms with Crippen LogP contribution in [0.25, 0.3) is 0 Å². The summed E-state index contributed by atoms with van der Waals surface area (Å²) in [5.41, 5.74) is 2.57. The molecule has 0 bridgehead atoms. The number of nitrogens with zero attached hydrogens (tertiary/aromatic N) is 2. The number of hydrogen-bond acceptors (Lipinski definition) is 3. The maximum absolute atomic E-state index is 10.8. The fourth-order valence-corrected chi connectivity index (χ4v) is 2.13. The van der Waals surface area contributed by atoms with E-state index in [2.05, 4.69) is 6.07 Å².